The molecule has 0 aliphatic rings. The molecule has 1 amide bonds. The summed E-state index contributed by atoms with van der Waals surface area (Å²) < 4.78 is 26.2. The van der Waals surface area contributed by atoms with Crippen molar-refractivity contribution in [2.45, 2.75) is 11.4 Å². The Labute approximate surface area is 116 Å². The van der Waals surface area contributed by atoms with Gasteiger partial charge in [0.2, 0.25) is 10.0 Å². The van der Waals surface area contributed by atoms with Crippen LogP contribution < -0.4 is 10.0 Å². The minimum Gasteiger partial charge on any atom is -0.355 e. The zero-order valence-electron chi connectivity index (χ0n) is 10.8. The third kappa shape index (κ3) is 3.22. The standard InChI is InChI=1S/C12H14N4O3S/c1-13-12(17)10-4-2-9(3-5-10)6-16-20(18,19)11-7-14-15-8-11/h2-5,7-8,16H,6H2,1H3,(H,13,17)(H,14,15). The molecule has 0 radical (unpaired) electrons. The number of amides is 1. The molecule has 8 heteroatoms. The van der Waals surface area contributed by atoms with E-state index in [4.69, 9.17) is 0 Å². The number of nitrogens with zero attached hydrogens (tertiary/aromatic N) is 1. The maximum Gasteiger partial charge on any atom is 0.251 e. The van der Waals surface area contributed by atoms with Crippen LogP contribution in [0, 0.1) is 0 Å². The molecule has 0 bridgehead atoms. The molecule has 0 atom stereocenters. The first kappa shape index (κ1) is 14.2. The summed E-state index contributed by atoms with van der Waals surface area (Å²) in [6, 6.07) is 6.67. The highest BCUT2D eigenvalue weighted by Crippen LogP contribution is 2.08. The average molecular weight is 294 g/mol. The summed E-state index contributed by atoms with van der Waals surface area (Å²) >= 11 is 0. The van der Waals surface area contributed by atoms with Crippen molar-refractivity contribution in [2.75, 3.05) is 7.05 Å². The highest BCUT2D eigenvalue weighted by molar-refractivity contribution is 7.89. The van der Waals surface area contributed by atoms with Gasteiger partial charge in [0.05, 0.1) is 6.20 Å². The Morgan fingerprint density at radius 2 is 2.00 bits per heavy atom. The molecule has 7 nitrogen and oxygen atoms in total. The van der Waals surface area contributed by atoms with Crippen LogP contribution in [-0.4, -0.2) is 31.6 Å². The van der Waals surface area contributed by atoms with Crippen molar-refractivity contribution in [3.8, 4) is 0 Å². The number of rotatable bonds is 5. The van der Waals surface area contributed by atoms with Crippen LogP contribution in [0.1, 0.15) is 15.9 Å². The summed E-state index contributed by atoms with van der Waals surface area (Å²) in [4.78, 5) is 11.4. The zero-order chi connectivity index (χ0) is 14.6. The second kappa shape index (κ2) is 5.85. The number of nitrogens with one attached hydrogen (secondary N) is 3. The number of hydrogen-bond acceptors (Lipinski definition) is 4. The molecule has 0 saturated heterocycles. The molecule has 0 fully saturated rings. The number of H-pyrrole nitrogens is 1. The molecule has 0 aliphatic carbocycles. The number of carbonyl (C=O) groups is 1. The molecule has 1 heterocycles. The molecule has 2 aromatic rings. The predicted octanol–water partition coefficient (Wildman–Crippen LogP) is 0.248. The van der Waals surface area contributed by atoms with E-state index in [1.165, 1.54) is 12.4 Å². The van der Waals surface area contributed by atoms with Gasteiger partial charge < -0.3 is 5.32 Å². The van der Waals surface area contributed by atoms with E-state index in [-0.39, 0.29) is 17.3 Å². The van der Waals surface area contributed by atoms with E-state index in [0.29, 0.717) is 5.56 Å². The second-order valence-electron chi connectivity index (χ2n) is 4.03. The van der Waals surface area contributed by atoms with Crippen LogP contribution in [0.5, 0.6) is 0 Å². The van der Waals surface area contributed by atoms with Crippen LogP contribution in [0.25, 0.3) is 0 Å². The highest BCUT2D eigenvalue weighted by Gasteiger charge is 2.14. The van der Waals surface area contributed by atoms with Crippen LogP contribution in [0.15, 0.2) is 41.6 Å². The van der Waals surface area contributed by atoms with Crippen molar-refractivity contribution in [1.29, 1.82) is 0 Å². The molecule has 106 valence electrons. The number of aromatic amines is 1. The molecule has 0 spiro atoms. The van der Waals surface area contributed by atoms with Crippen LogP contribution in [0.2, 0.25) is 0 Å². The van der Waals surface area contributed by atoms with Gasteiger partial charge in [-0.15, -0.1) is 0 Å². The van der Waals surface area contributed by atoms with Crippen LogP contribution >= 0.6 is 0 Å². The molecule has 1 aromatic heterocycles. The summed E-state index contributed by atoms with van der Waals surface area (Å²) in [5, 5.41) is 8.56. The zero-order valence-corrected chi connectivity index (χ0v) is 11.6. The van der Waals surface area contributed by atoms with Gasteiger partial charge >= 0.3 is 0 Å². The molecule has 3 N–H and O–H groups in total. The lowest BCUT2D eigenvalue weighted by atomic mass is 10.1. The second-order valence-corrected chi connectivity index (χ2v) is 5.80. The van der Waals surface area contributed by atoms with E-state index in [9.17, 15) is 13.2 Å². The summed E-state index contributed by atoms with van der Waals surface area (Å²) in [7, 11) is -2.02. The smallest absolute Gasteiger partial charge is 0.251 e. The molecule has 2 rings (SSSR count). The maximum absolute atomic E-state index is 11.9. The van der Waals surface area contributed by atoms with Crippen molar-refractivity contribution < 1.29 is 13.2 Å². The van der Waals surface area contributed by atoms with Gasteiger partial charge in [0.25, 0.3) is 5.91 Å². The number of aromatic nitrogens is 2. The lowest BCUT2D eigenvalue weighted by Gasteiger charge is -2.05. The Bertz CT molecular complexity index is 678. The molecular formula is C12H14N4O3S. The first-order valence-corrected chi connectivity index (χ1v) is 7.31. The van der Waals surface area contributed by atoms with Crippen molar-refractivity contribution in [3.63, 3.8) is 0 Å². The molecule has 0 aliphatic heterocycles. The van der Waals surface area contributed by atoms with Gasteiger partial charge in [-0.3, -0.25) is 9.89 Å². The van der Waals surface area contributed by atoms with Crippen LogP contribution in [-0.2, 0) is 16.6 Å². The first-order valence-electron chi connectivity index (χ1n) is 5.82. The number of carbonyl (C=O) groups excluding carboxylic acids is 1. The third-order valence-corrected chi connectivity index (χ3v) is 4.06. The quantitative estimate of drug-likeness (QED) is 0.735. The van der Waals surface area contributed by atoms with Gasteiger partial charge in [-0.25, -0.2) is 13.1 Å². The van der Waals surface area contributed by atoms with Gasteiger partial charge in [-0.05, 0) is 17.7 Å². The molecular weight excluding hydrogens is 280 g/mol. The summed E-state index contributed by atoms with van der Waals surface area (Å²) in [5.74, 6) is -0.185. The number of sulfonamides is 1. The van der Waals surface area contributed by atoms with E-state index < -0.39 is 10.0 Å². The average Bonchev–Trinajstić information content (AvgIpc) is 3.00. The number of hydrogen-bond donors (Lipinski definition) is 3. The fraction of sp³-hybridized carbons (Fsp3) is 0.167. The fourth-order valence-electron chi connectivity index (χ4n) is 1.57. The van der Waals surface area contributed by atoms with E-state index in [2.05, 4.69) is 20.2 Å². The van der Waals surface area contributed by atoms with Gasteiger partial charge in [0, 0.05) is 25.4 Å². The largest absolute Gasteiger partial charge is 0.355 e. The van der Waals surface area contributed by atoms with Gasteiger partial charge in [-0.1, -0.05) is 12.1 Å². The Hall–Kier alpha value is -2.19. The SMILES string of the molecule is CNC(=O)c1ccc(CNS(=O)(=O)c2cn[nH]c2)cc1. The van der Waals surface area contributed by atoms with Crippen molar-refractivity contribution in [3.05, 3.63) is 47.8 Å². The Kier molecular flexibility index (Phi) is 4.16. The summed E-state index contributed by atoms with van der Waals surface area (Å²) in [6.45, 7) is 0.140. The molecule has 0 saturated carbocycles. The molecule has 20 heavy (non-hydrogen) atoms. The maximum atomic E-state index is 11.9. The van der Waals surface area contributed by atoms with Crippen molar-refractivity contribution in [1.82, 2.24) is 20.2 Å². The Morgan fingerprint density at radius 3 is 2.55 bits per heavy atom. The Morgan fingerprint density at radius 1 is 1.30 bits per heavy atom. The minimum atomic E-state index is -3.57. The third-order valence-electron chi connectivity index (χ3n) is 2.69. The molecule has 0 unspecified atom stereocenters. The first-order chi connectivity index (χ1) is 9.53. The van der Waals surface area contributed by atoms with Gasteiger partial charge in [-0.2, -0.15) is 5.10 Å². The van der Waals surface area contributed by atoms with Crippen molar-refractivity contribution in [2.24, 2.45) is 0 Å². The van der Waals surface area contributed by atoms with Crippen molar-refractivity contribution >= 4 is 15.9 Å². The van der Waals surface area contributed by atoms with E-state index in [0.717, 1.165) is 5.56 Å². The summed E-state index contributed by atoms with van der Waals surface area (Å²) in [5.41, 5.74) is 1.28. The fourth-order valence-corrected chi connectivity index (χ4v) is 2.49. The molecule has 1 aromatic carbocycles. The van der Waals surface area contributed by atoms with Gasteiger partial charge in [0.15, 0.2) is 0 Å². The minimum absolute atomic E-state index is 0.0829. The lowest BCUT2D eigenvalue weighted by molar-refractivity contribution is 0.0963. The summed E-state index contributed by atoms with van der Waals surface area (Å²) in [6.07, 6.45) is 2.54. The Balaban J connectivity index is 2.03. The lowest BCUT2D eigenvalue weighted by Crippen LogP contribution is -2.23. The number of benzene rings is 1. The topological polar surface area (TPSA) is 104 Å². The monoisotopic (exact) mass is 294 g/mol. The van der Waals surface area contributed by atoms with Crippen LogP contribution in [0.4, 0.5) is 0 Å². The highest BCUT2D eigenvalue weighted by atomic mass is 32.2. The predicted molar refractivity (Wildman–Crippen MR) is 72.4 cm³/mol. The van der Waals surface area contributed by atoms with Crippen LogP contribution in [0.3, 0.4) is 0 Å². The van der Waals surface area contributed by atoms with Gasteiger partial charge in [0.1, 0.15) is 4.90 Å². The van der Waals surface area contributed by atoms with E-state index in [1.54, 1.807) is 31.3 Å². The van der Waals surface area contributed by atoms with E-state index >= 15 is 0 Å². The van der Waals surface area contributed by atoms with E-state index in [1.807, 2.05) is 0 Å². The normalized spacial score (nSPS) is 11.2.